The van der Waals surface area contributed by atoms with E-state index in [1.165, 1.54) is 4.88 Å². The Labute approximate surface area is 144 Å². The number of aryl methyl sites for hydroxylation is 2. The van der Waals surface area contributed by atoms with Gasteiger partial charge in [-0.05, 0) is 38.1 Å². The number of para-hydroxylation sites is 1. The molecule has 1 heterocycles. The summed E-state index contributed by atoms with van der Waals surface area (Å²) in [7, 11) is 0. The van der Waals surface area contributed by atoms with Gasteiger partial charge in [-0.1, -0.05) is 35.9 Å². The fraction of sp³-hybridized carbons (Fsp3) is 0.111. The van der Waals surface area contributed by atoms with Crippen molar-refractivity contribution in [2.45, 2.75) is 13.8 Å². The largest absolute Gasteiger partial charge is 0.321 e. The molecule has 0 aliphatic heterocycles. The normalized spacial score (nSPS) is 10.6. The molecule has 0 atom stereocenters. The molecule has 3 aromatic rings. The number of amides is 1. The third kappa shape index (κ3) is 3.44. The highest BCUT2D eigenvalue weighted by atomic mass is 35.5. The predicted octanol–water partition coefficient (Wildman–Crippen LogP) is 5.33. The molecule has 3 rings (SSSR count). The van der Waals surface area contributed by atoms with Crippen molar-refractivity contribution in [2.24, 2.45) is 0 Å². The van der Waals surface area contributed by atoms with Crippen LogP contribution in [0.1, 0.15) is 20.2 Å². The molecular formula is C18H15ClN2OS. The Morgan fingerprint density at radius 1 is 1.09 bits per heavy atom. The van der Waals surface area contributed by atoms with Crippen LogP contribution in [0.25, 0.3) is 11.3 Å². The summed E-state index contributed by atoms with van der Waals surface area (Å²) in [6.45, 7) is 4.05. The van der Waals surface area contributed by atoms with E-state index < -0.39 is 0 Å². The molecule has 0 fully saturated rings. The summed E-state index contributed by atoms with van der Waals surface area (Å²) in [5, 5.41) is 4.38. The molecule has 23 heavy (non-hydrogen) atoms. The second kappa shape index (κ2) is 6.52. The van der Waals surface area contributed by atoms with E-state index in [0.717, 1.165) is 16.3 Å². The molecule has 116 valence electrons. The molecule has 1 aromatic heterocycles. The zero-order chi connectivity index (χ0) is 16.4. The number of anilines is 1. The predicted molar refractivity (Wildman–Crippen MR) is 96.4 cm³/mol. The van der Waals surface area contributed by atoms with E-state index in [4.69, 9.17) is 11.6 Å². The van der Waals surface area contributed by atoms with Crippen LogP contribution in [0.15, 0.2) is 48.5 Å². The van der Waals surface area contributed by atoms with E-state index >= 15 is 0 Å². The molecule has 1 N–H and O–H groups in total. The molecule has 2 aromatic carbocycles. The maximum atomic E-state index is 12.3. The first kappa shape index (κ1) is 15.7. The fourth-order valence-electron chi connectivity index (χ4n) is 2.33. The van der Waals surface area contributed by atoms with Crippen molar-refractivity contribution < 1.29 is 4.79 Å². The number of nitrogens with one attached hydrogen (secondary N) is 1. The maximum absolute atomic E-state index is 12.3. The molecule has 0 saturated carbocycles. The lowest BCUT2D eigenvalue weighted by molar-refractivity contribution is 0.102. The van der Waals surface area contributed by atoms with Crippen LogP contribution >= 0.6 is 22.9 Å². The number of benzene rings is 2. The van der Waals surface area contributed by atoms with Gasteiger partial charge in [-0.3, -0.25) is 4.79 Å². The first-order chi connectivity index (χ1) is 11.0. The van der Waals surface area contributed by atoms with Crippen LogP contribution < -0.4 is 5.32 Å². The summed E-state index contributed by atoms with van der Waals surface area (Å²) in [6.07, 6.45) is 0. The van der Waals surface area contributed by atoms with Gasteiger partial charge in [-0.2, -0.15) is 0 Å². The number of halogens is 1. The second-order valence-corrected chi connectivity index (χ2v) is 6.96. The van der Waals surface area contributed by atoms with Gasteiger partial charge >= 0.3 is 0 Å². The van der Waals surface area contributed by atoms with Crippen molar-refractivity contribution >= 4 is 34.5 Å². The average molecular weight is 343 g/mol. The Morgan fingerprint density at radius 3 is 2.39 bits per heavy atom. The van der Waals surface area contributed by atoms with Crippen LogP contribution in [0.4, 0.5) is 5.69 Å². The standard InChI is InChI=1S/C18H15ClN2OS/c1-11-17(20-12(2)23-11)13-7-9-14(10-8-13)18(22)21-16-6-4-3-5-15(16)19/h3-10H,1-2H3,(H,21,22). The number of aromatic nitrogens is 1. The van der Waals surface area contributed by atoms with Gasteiger partial charge in [0.25, 0.3) is 5.91 Å². The zero-order valence-electron chi connectivity index (χ0n) is 12.8. The molecule has 0 bridgehead atoms. The molecule has 5 heteroatoms. The number of hydrogen-bond donors (Lipinski definition) is 1. The van der Waals surface area contributed by atoms with Crippen molar-refractivity contribution in [1.82, 2.24) is 4.98 Å². The van der Waals surface area contributed by atoms with Crippen molar-refractivity contribution in [3.8, 4) is 11.3 Å². The minimum atomic E-state index is -0.184. The van der Waals surface area contributed by atoms with Crippen LogP contribution in [0, 0.1) is 13.8 Å². The van der Waals surface area contributed by atoms with Crippen molar-refractivity contribution in [3.63, 3.8) is 0 Å². The molecule has 1 amide bonds. The Balaban J connectivity index is 1.81. The van der Waals surface area contributed by atoms with E-state index in [-0.39, 0.29) is 5.91 Å². The van der Waals surface area contributed by atoms with Gasteiger partial charge < -0.3 is 5.32 Å². The van der Waals surface area contributed by atoms with E-state index in [1.807, 2.05) is 31.2 Å². The summed E-state index contributed by atoms with van der Waals surface area (Å²) in [6, 6.07) is 14.6. The lowest BCUT2D eigenvalue weighted by Gasteiger charge is -2.07. The summed E-state index contributed by atoms with van der Waals surface area (Å²) in [5.41, 5.74) is 3.18. The van der Waals surface area contributed by atoms with E-state index in [9.17, 15) is 4.79 Å². The van der Waals surface area contributed by atoms with Gasteiger partial charge in [-0.25, -0.2) is 4.98 Å². The first-order valence-electron chi connectivity index (χ1n) is 7.15. The number of nitrogens with zero attached hydrogens (tertiary/aromatic N) is 1. The molecular weight excluding hydrogens is 328 g/mol. The van der Waals surface area contributed by atoms with Crippen LogP contribution in [0.3, 0.4) is 0 Å². The number of rotatable bonds is 3. The van der Waals surface area contributed by atoms with Crippen molar-refractivity contribution in [1.29, 1.82) is 0 Å². The third-order valence-corrected chi connectivity index (χ3v) is 4.66. The highest BCUT2D eigenvalue weighted by molar-refractivity contribution is 7.11. The van der Waals surface area contributed by atoms with Gasteiger partial charge in [0.2, 0.25) is 0 Å². The number of hydrogen-bond acceptors (Lipinski definition) is 3. The SMILES string of the molecule is Cc1nc(-c2ccc(C(=O)Nc3ccccc3Cl)cc2)c(C)s1. The minimum absolute atomic E-state index is 0.184. The Hall–Kier alpha value is -2.17. The van der Waals surface area contributed by atoms with Crippen molar-refractivity contribution in [3.05, 3.63) is 69.0 Å². The molecule has 0 spiro atoms. The van der Waals surface area contributed by atoms with E-state index in [0.29, 0.717) is 16.3 Å². The monoisotopic (exact) mass is 342 g/mol. The maximum Gasteiger partial charge on any atom is 0.255 e. The van der Waals surface area contributed by atoms with Crippen LogP contribution in [0.5, 0.6) is 0 Å². The van der Waals surface area contributed by atoms with Gasteiger partial charge in [0, 0.05) is 16.0 Å². The second-order valence-electron chi connectivity index (χ2n) is 5.15. The first-order valence-corrected chi connectivity index (χ1v) is 8.34. The van der Waals surface area contributed by atoms with Crippen LogP contribution in [0.2, 0.25) is 5.02 Å². The van der Waals surface area contributed by atoms with Crippen molar-refractivity contribution in [2.75, 3.05) is 5.32 Å². The summed E-state index contributed by atoms with van der Waals surface area (Å²) >= 11 is 7.73. The Kier molecular flexibility index (Phi) is 4.46. The smallest absolute Gasteiger partial charge is 0.255 e. The third-order valence-electron chi connectivity index (χ3n) is 3.45. The summed E-state index contributed by atoms with van der Waals surface area (Å²) in [5.74, 6) is -0.184. The summed E-state index contributed by atoms with van der Waals surface area (Å²) in [4.78, 5) is 18.0. The number of carbonyl (C=O) groups excluding carboxylic acids is 1. The van der Waals surface area contributed by atoms with E-state index in [1.54, 1.807) is 35.6 Å². The minimum Gasteiger partial charge on any atom is -0.321 e. The van der Waals surface area contributed by atoms with Gasteiger partial charge in [-0.15, -0.1) is 11.3 Å². The van der Waals surface area contributed by atoms with Gasteiger partial charge in [0.1, 0.15) is 0 Å². The topological polar surface area (TPSA) is 42.0 Å². The highest BCUT2D eigenvalue weighted by Crippen LogP contribution is 2.27. The molecule has 0 aliphatic carbocycles. The summed E-state index contributed by atoms with van der Waals surface area (Å²) < 4.78 is 0. The van der Waals surface area contributed by atoms with Gasteiger partial charge in [0.15, 0.2) is 0 Å². The fourth-order valence-corrected chi connectivity index (χ4v) is 3.36. The zero-order valence-corrected chi connectivity index (χ0v) is 14.3. The lowest BCUT2D eigenvalue weighted by atomic mass is 10.1. The Morgan fingerprint density at radius 2 is 1.78 bits per heavy atom. The Bertz CT molecular complexity index is 856. The molecule has 3 nitrogen and oxygen atoms in total. The number of carbonyl (C=O) groups is 1. The molecule has 0 aliphatic rings. The quantitative estimate of drug-likeness (QED) is 0.698. The lowest BCUT2D eigenvalue weighted by Crippen LogP contribution is -2.11. The number of thiazole rings is 1. The molecule has 0 radical (unpaired) electrons. The molecule has 0 unspecified atom stereocenters. The highest BCUT2D eigenvalue weighted by Gasteiger charge is 2.11. The van der Waals surface area contributed by atoms with Gasteiger partial charge in [0.05, 0.1) is 21.4 Å². The molecule has 0 saturated heterocycles. The van der Waals surface area contributed by atoms with Crippen LogP contribution in [-0.4, -0.2) is 10.9 Å². The average Bonchev–Trinajstić information content (AvgIpc) is 2.88. The van der Waals surface area contributed by atoms with E-state index in [2.05, 4.69) is 17.2 Å². The van der Waals surface area contributed by atoms with Crippen LogP contribution in [-0.2, 0) is 0 Å².